The summed E-state index contributed by atoms with van der Waals surface area (Å²) in [5, 5.41) is 11.3. The summed E-state index contributed by atoms with van der Waals surface area (Å²) >= 11 is 0. The van der Waals surface area contributed by atoms with Crippen molar-refractivity contribution in [1.29, 1.82) is 0 Å². The van der Waals surface area contributed by atoms with Gasteiger partial charge in [0.2, 0.25) is 0 Å². The number of Topliss-reactive ketones (excluding diaryl/α,β-unsaturated/α-hetero) is 1. The van der Waals surface area contributed by atoms with E-state index in [4.69, 9.17) is 9.84 Å². The molecule has 0 bridgehead atoms. The van der Waals surface area contributed by atoms with E-state index in [9.17, 15) is 14.4 Å². The van der Waals surface area contributed by atoms with Gasteiger partial charge in [-0.25, -0.2) is 4.79 Å². The minimum Gasteiger partial charge on any atom is -0.494 e. The Morgan fingerprint density at radius 1 is 1.19 bits per heavy atom. The van der Waals surface area contributed by atoms with Crippen molar-refractivity contribution < 1.29 is 24.2 Å². The lowest BCUT2D eigenvalue weighted by atomic mass is 10.0. The Kier molecular flexibility index (Phi) is 5.90. The van der Waals surface area contributed by atoms with E-state index in [1.165, 1.54) is 12.1 Å². The van der Waals surface area contributed by atoms with E-state index in [2.05, 4.69) is 5.32 Å². The van der Waals surface area contributed by atoms with Gasteiger partial charge in [-0.1, -0.05) is 13.8 Å². The number of hydrogen-bond acceptors (Lipinski definition) is 4. The normalized spacial score (nSPS) is 11.8. The minimum atomic E-state index is -1.54. The zero-order chi connectivity index (χ0) is 16.0. The van der Waals surface area contributed by atoms with Crippen molar-refractivity contribution in [2.45, 2.75) is 26.8 Å². The Morgan fingerprint density at radius 3 is 2.19 bits per heavy atom. The third kappa shape index (κ3) is 4.59. The molecular formula is C15H19NO5. The van der Waals surface area contributed by atoms with Crippen molar-refractivity contribution in [3.8, 4) is 5.75 Å². The zero-order valence-electron chi connectivity index (χ0n) is 12.3. The van der Waals surface area contributed by atoms with E-state index in [-0.39, 0.29) is 5.56 Å². The van der Waals surface area contributed by atoms with Gasteiger partial charge in [-0.05, 0) is 31.2 Å². The largest absolute Gasteiger partial charge is 0.494 e. The molecule has 2 N–H and O–H groups in total. The summed E-state index contributed by atoms with van der Waals surface area (Å²) in [6, 6.07) is 4.71. The van der Waals surface area contributed by atoms with Crippen LogP contribution in [0.4, 0.5) is 0 Å². The lowest BCUT2D eigenvalue weighted by Crippen LogP contribution is -2.48. The molecule has 1 unspecified atom stereocenters. The Morgan fingerprint density at radius 2 is 1.76 bits per heavy atom. The van der Waals surface area contributed by atoms with Crippen LogP contribution < -0.4 is 10.1 Å². The highest BCUT2D eigenvalue weighted by atomic mass is 16.5. The molecule has 1 atom stereocenters. The molecule has 0 heterocycles. The third-order valence-electron chi connectivity index (χ3n) is 2.80. The molecular weight excluding hydrogens is 274 g/mol. The predicted octanol–water partition coefficient (Wildman–Crippen LogP) is 1.49. The summed E-state index contributed by atoms with van der Waals surface area (Å²) in [4.78, 5) is 34.9. The van der Waals surface area contributed by atoms with Crippen molar-refractivity contribution in [3.05, 3.63) is 29.8 Å². The molecule has 0 fully saturated rings. The van der Waals surface area contributed by atoms with Crippen LogP contribution in [0.5, 0.6) is 5.75 Å². The highest BCUT2D eigenvalue weighted by Gasteiger charge is 2.29. The third-order valence-corrected chi connectivity index (χ3v) is 2.80. The van der Waals surface area contributed by atoms with Crippen LogP contribution in [0.1, 0.15) is 31.1 Å². The number of ketones is 1. The van der Waals surface area contributed by atoms with Crippen LogP contribution in [-0.2, 0) is 9.59 Å². The van der Waals surface area contributed by atoms with Gasteiger partial charge in [-0.15, -0.1) is 0 Å². The second-order valence-electron chi connectivity index (χ2n) is 4.76. The lowest BCUT2D eigenvalue weighted by Gasteiger charge is -2.15. The number of carbonyl (C=O) groups excluding carboxylic acids is 2. The molecule has 0 aromatic heterocycles. The second-order valence-corrected chi connectivity index (χ2v) is 4.76. The van der Waals surface area contributed by atoms with Gasteiger partial charge in [0, 0.05) is 11.5 Å². The number of ether oxygens (including phenoxy) is 1. The van der Waals surface area contributed by atoms with Crippen LogP contribution in [0.15, 0.2) is 24.3 Å². The highest BCUT2D eigenvalue weighted by molar-refractivity contribution is 6.08. The SMILES string of the molecule is CCOc1ccc(C(=O)NC(C(=O)O)C(=O)C(C)C)cc1. The fourth-order valence-corrected chi connectivity index (χ4v) is 1.67. The molecule has 6 heteroatoms. The topological polar surface area (TPSA) is 92.7 Å². The van der Waals surface area contributed by atoms with E-state index < -0.39 is 29.6 Å². The molecule has 6 nitrogen and oxygen atoms in total. The summed E-state index contributed by atoms with van der Waals surface area (Å²) in [6.45, 7) is 5.52. The number of carbonyl (C=O) groups is 3. The number of carboxylic acid groups (broad SMARTS) is 1. The number of rotatable bonds is 7. The Hall–Kier alpha value is -2.37. The molecule has 0 saturated carbocycles. The predicted molar refractivity (Wildman–Crippen MR) is 76.3 cm³/mol. The molecule has 0 aliphatic heterocycles. The highest BCUT2D eigenvalue weighted by Crippen LogP contribution is 2.12. The summed E-state index contributed by atoms with van der Waals surface area (Å²) in [6.07, 6.45) is 0. The Balaban J connectivity index is 2.82. The number of carboxylic acids is 1. The second kappa shape index (κ2) is 7.42. The molecule has 0 spiro atoms. The number of benzene rings is 1. The van der Waals surface area contributed by atoms with Gasteiger partial charge in [0.25, 0.3) is 5.91 Å². The van der Waals surface area contributed by atoms with Crippen molar-refractivity contribution in [2.75, 3.05) is 6.61 Å². The van der Waals surface area contributed by atoms with Crippen LogP contribution in [0, 0.1) is 5.92 Å². The van der Waals surface area contributed by atoms with Gasteiger partial charge in [0.1, 0.15) is 5.75 Å². The average molecular weight is 293 g/mol. The fraction of sp³-hybridized carbons (Fsp3) is 0.400. The van der Waals surface area contributed by atoms with E-state index >= 15 is 0 Å². The molecule has 1 rings (SSSR count). The van der Waals surface area contributed by atoms with Gasteiger partial charge in [-0.3, -0.25) is 9.59 Å². The Bertz CT molecular complexity index is 521. The van der Waals surface area contributed by atoms with Gasteiger partial charge < -0.3 is 15.2 Å². The Labute approximate surface area is 123 Å². The van der Waals surface area contributed by atoms with Crippen LogP contribution in [0.2, 0.25) is 0 Å². The molecule has 1 aromatic rings. The first-order valence-corrected chi connectivity index (χ1v) is 6.67. The average Bonchev–Trinajstić information content (AvgIpc) is 2.44. The van der Waals surface area contributed by atoms with E-state index in [1.807, 2.05) is 6.92 Å². The zero-order valence-corrected chi connectivity index (χ0v) is 12.3. The maximum Gasteiger partial charge on any atom is 0.334 e. The molecule has 0 aliphatic rings. The number of aliphatic carboxylic acids is 1. The number of nitrogens with one attached hydrogen (secondary N) is 1. The van der Waals surface area contributed by atoms with Crippen molar-refractivity contribution in [3.63, 3.8) is 0 Å². The molecule has 114 valence electrons. The number of hydrogen-bond donors (Lipinski definition) is 2. The maximum absolute atomic E-state index is 12.0. The van der Waals surface area contributed by atoms with Crippen LogP contribution in [0.3, 0.4) is 0 Å². The molecule has 0 aliphatic carbocycles. The van der Waals surface area contributed by atoms with Crippen LogP contribution in [0.25, 0.3) is 0 Å². The molecule has 21 heavy (non-hydrogen) atoms. The van der Waals surface area contributed by atoms with Crippen molar-refractivity contribution in [1.82, 2.24) is 5.32 Å². The molecule has 1 aromatic carbocycles. The fourth-order valence-electron chi connectivity index (χ4n) is 1.67. The van der Waals surface area contributed by atoms with E-state index in [1.54, 1.807) is 26.0 Å². The van der Waals surface area contributed by atoms with Crippen LogP contribution in [-0.4, -0.2) is 35.4 Å². The standard InChI is InChI=1S/C15H19NO5/c1-4-21-11-7-5-10(6-8-11)14(18)16-12(15(19)20)13(17)9(2)3/h5-9,12H,4H2,1-3H3,(H,16,18)(H,19,20). The smallest absolute Gasteiger partial charge is 0.334 e. The quantitative estimate of drug-likeness (QED) is 0.743. The minimum absolute atomic E-state index is 0.265. The van der Waals surface area contributed by atoms with Gasteiger partial charge >= 0.3 is 5.97 Å². The molecule has 1 amide bonds. The first kappa shape index (κ1) is 16.7. The number of amides is 1. The molecule has 0 radical (unpaired) electrons. The summed E-state index contributed by atoms with van der Waals surface area (Å²) in [7, 11) is 0. The van der Waals surface area contributed by atoms with Gasteiger partial charge in [-0.2, -0.15) is 0 Å². The summed E-state index contributed by atoms with van der Waals surface area (Å²) in [5.74, 6) is -2.39. The molecule has 0 saturated heterocycles. The van der Waals surface area contributed by atoms with Crippen LogP contribution >= 0.6 is 0 Å². The maximum atomic E-state index is 12.0. The van der Waals surface area contributed by atoms with Crippen molar-refractivity contribution >= 4 is 17.7 Å². The first-order chi connectivity index (χ1) is 9.86. The van der Waals surface area contributed by atoms with Crippen molar-refractivity contribution in [2.24, 2.45) is 5.92 Å². The summed E-state index contributed by atoms with van der Waals surface area (Å²) < 4.78 is 5.25. The van der Waals surface area contributed by atoms with E-state index in [0.717, 1.165) is 0 Å². The van der Waals surface area contributed by atoms with Gasteiger partial charge in [0.05, 0.1) is 6.61 Å². The van der Waals surface area contributed by atoms with E-state index in [0.29, 0.717) is 12.4 Å². The monoisotopic (exact) mass is 293 g/mol. The summed E-state index contributed by atoms with van der Waals surface area (Å²) in [5.41, 5.74) is 0.265. The first-order valence-electron chi connectivity index (χ1n) is 6.67. The van der Waals surface area contributed by atoms with Gasteiger partial charge in [0.15, 0.2) is 11.8 Å². The lowest BCUT2D eigenvalue weighted by molar-refractivity contribution is -0.144.